The highest BCUT2D eigenvalue weighted by Gasteiger charge is 2.52. The van der Waals surface area contributed by atoms with Crippen molar-refractivity contribution in [2.75, 3.05) is 32.7 Å². The number of β-lactam (4-membered cyclic amide) rings is 1. The van der Waals surface area contributed by atoms with Gasteiger partial charge in [0.15, 0.2) is 0 Å². The molecule has 0 aliphatic carbocycles. The standard InChI is InChI=1S/C15H22N2O7S/c1-8(2)24-15(20)23-5-4-22-14(19)11-9(6-21-3)7-25-13-10(16)12(18)17(11)13/h8,10,13H,4-7,16H2,1-3H3/t10?,13-/m0/s1. The third-order valence-electron chi connectivity index (χ3n) is 3.47. The Bertz CT molecular complexity index is 578. The van der Waals surface area contributed by atoms with Gasteiger partial charge in [-0.1, -0.05) is 0 Å². The number of amides is 1. The van der Waals surface area contributed by atoms with Crippen LogP contribution in [0.3, 0.4) is 0 Å². The van der Waals surface area contributed by atoms with Crippen LogP contribution in [0.15, 0.2) is 11.3 Å². The van der Waals surface area contributed by atoms with Gasteiger partial charge in [-0.2, -0.15) is 0 Å². The SMILES string of the molecule is COCC1=C(C(=O)OCCOC(=O)OC(C)C)N2C(=O)C(N)[C@@H]2SC1. The minimum Gasteiger partial charge on any atom is -0.457 e. The Hall–Kier alpha value is -1.78. The average Bonchev–Trinajstić information content (AvgIpc) is 2.57. The van der Waals surface area contributed by atoms with Crippen LogP contribution >= 0.6 is 11.8 Å². The van der Waals surface area contributed by atoms with Crippen LogP contribution < -0.4 is 5.73 Å². The molecule has 2 aliphatic heterocycles. The van der Waals surface area contributed by atoms with Crippen molar-refractivity contribution in [2.24, 2.45) is 5.73 Å². The molecule has 1 amide bonds. The molecule has 0 aromatic heterocycles. The highest BCUT2D eigenvalue weighted by Crippen LogP contribution is 2.39. The molecule has 0 aromatic rings. The van der Waals surface area contributed by atoms with E-state index >= 15 is 0 Å². The van der Waals surface area contributed by atoms with Gasteiger partial charge >= 0.3 is 12.1 Å². The quantitative estimate of drug-likeness (QED) is 0.380. The maximum Gasteiger partial charge on any atom is 0.508 e. The number of hydrogen-bond acceptors (Lipinski definition) is 9. The second-order valence-corrected chi connectivity index (χ2v) is 6.83. The molecule has 2 atom stereocenters. The first kappa shape index (κ1) is 19.5. The molecule has 0 aromatic carbocycles. The number of fused-ring (bicyclic) bond motifs is 1. The van der Waals surface area contributed by atoms with E-state index in [9.17, 15) is 14.4 Å². The van der Waals surface area contributed by atoms with E-state index in [-0.39, 0.29) is 42.9 Å². The van der Waals surface area contributed by atoms with Crippen LogP contribution in [-0.2, 0) is 28.5 Å². The van der Waals surface area contributed by atoms with Gasteiger partial charge < -0.3 is 24.7 Å². The first-order valence-corrected chi connectivity index (χ1v) is 8.83. The topological polar surface area (TPSA) is 117 Å². The maximum atomic E-state index is 12.4. The Morgan fingerprint density at radius 2 is 2.00 bits per heavy atom. The summed E-state index contributed by atoms with van der Waals surface area (Å²) in [6, 6.07) is -0.619. The molecule has 0 radical (unpaired) electrons. The summed E-state index contributed by atoms with van der Waals surface area (Å²) in [5, 5.41) is -0.270. The van der Waals surface area contributed by atoms with Crippen molar-refractivity contribution in [1.29, 1.82) is 0 Å². The molecule has 2 aliphatic rings. The van der Waals surface area contributed by atoms with E-state index in [1.807, 2.05) is 0 Å². The van der Waals surface area contributed by atoms with E-state index in [1.54, 1.807) is 13.8 Å². The Labute approximate surface area is 149 Å². The molecule has 2 rings (SSSR count). The van der Waals surface area contributed by atoms with Crippen molar-refractivity contribution in [1.82, 2.24) is 4.90 Å². The van der Waals surface area contributed by atoms with Gasteiger partial charge in [0, 0.05) is 12.9 Å². The molecule has 25 heavy (non-hydrogen) atoms. The average molecular weight is 374 g/mol. The van der Waals surface area contributed by atoms with Crippen LogP contribution in [0.25, 0.3) is 0 Å². The molecule has 1 fully saturated rings. The van der Waals surface area contributed by atoms with Gasteiger partial charge in [0.05, 0.1) is 12.7 Å². The predicted molar refractivity (Wildman–Crippen MR) is 88.5 cm³/mol. The third-order valence-corrected chi connectivity index (χ3v) is 4.83. The summed E-state index contributed by atoms with van der Waals surface area (Å²) in [6.45, 7) is 3.30. The highest BCUT2D eigenvalue weighted by molar-refractivity contribution is 8.00. The molecule has 2 N–H and O–H groups in total. The van der Waals surface area contributed by atoms with E-state index in [0.29, 0.717) is 11.3 Å². The number of carbonyl (C=O) groups excluding carboxylic acids is 3. The van der Waals surface area contributed by atoms with Crippen LogP contribution in [0.5, 0.6) is 0 Å². The van der Waals surface area contributed by atoms with Gasteiger partial charge in [-0.05, 0) is 19.4 Å². The number of hydrogen-bond donors (Lipinski definition) is 1. The first-order chi connectivity index (χ1) is 11.9. The van der Waals surface area contributed by atoms with Crippen molar-refractivity contribution in [3.8, 4) is 0 Å². The Balaban J connectivity index is 1.93. The van der Waals surface area contributed by atoms with E-state index in [0.717, 1.165) is 0 Å². The molecule has 140 valence electrons. The number of nitrogens with zero attached hydrogens (tertiary/aromatic N) is 1. The van der Waals surface area contributed by atoms with Crippen LogP contribution in [-0.4, -0.2) is 73.1 Å². The van der Waals surface area contributed by atoms with Gasteiger partial charge in [-0.15, -0.1) is 11.8 Å². The highest BCUT2D eigenvalue weighted by atomic mass is 32.2. The Morgan fingerprint density at radius 3 is 2.64 bits per heavy atom. The van der Waals surface area contributed by atoms with Crippen LogP contribution in [0.2, 0.25) is 0 Å². The number of rotatable bonds is 7. The fourth-order valence-corrected chi connectivity index (χ4v) is 3.68. The summed E-state index contributed by atoms with van der Waals surface area (Å²) in [5.41, 5.74) is 6.59. The lowest BCUT2D eigenvalue weighted by atomic mass is 10.0. The van der Waals surface area contributed by atoms with Gasteiger partial charge in [-0.3, -0.25) is 9.69 Å². The fraction of sp³-hybridized carbons (Fsp3) is 0.667. The van der Waals surface area contributed by atoms with E-state index in [4.69, 9.17) is 24.7 Å². The van der Waals surface area contributed by atoms with Crippen LogP contribution in [0.1, 0.15) is 13.8 Å². The van der Waals surface area contributed by atoms with E-state index in [1.165, 1.54) is 23.8 Å². The third kappa shape index (κ3) is 4.44. The lowest BCUT2D eigenvalue weighted by Gasteiger charge is -2.48. The molecular formula is C15H22N2O7S. The van der Waals surface area contributed by atoms with Crippen molar-refractivity contribution in [2.45, 2.75) is 31.4 Å². The van der Waals surface area contributed by atoms with Crippen molar-refractivity contribution < 1.29 is 33.3 Å². The Morgan fingerprint density at radius 1 is 1.32 bits per heavy atom. The van der Waals surface area contributed by atoms with Crippen molar-refractivity contribution in [3.05, 3.63) is 11.3 Å². The minimum absolute atomic E-state index is 0.143. The number of esters is 1. The molecule has 2 heterocycles. The number of thioether (sulfide) groups is 1. The van der Waals surface area contributed by atoms with Gasteiger partial charge in [0.2, 0.25) is 5.91 Å². The maximum absolute atomic E-state index is 12.4. The zero-order valence-corrected chi connectivity index (χ0v) is 15.2. The molecule has 0 saturated carbocycles. The first-order valence-electron chi connectivity index (χ1n) is 7.78. The largest absolute Gasteiger partial charge is 0.508 e. The Kier molecular flexibility index (Phi) is 6.68. The molecule has 0 bridgehead atoms. The second kappa shape index (κ2) is 8.54. The van der Waals surface area contributed by atoms with Crippen LogP contribution in [0.4, 0.5) is 4.79 Å². The monoisotopic (exact) mass is 374 g/mol. The summed E-state index contributed by atoms with van der Waals surface area (Å²) in [6.07, 6.45) is -1.13. The van der Waals surface area contributed by atoms with Crippen molar-refractivity contribution in [3.63, 3.8) is 0 Å². The normalized spacial score (nSPS) is 22.4. The lowest BCUT2D eigenvalue weighted by molar-refractivity contribution is -0.151. The second-order valence-electron chi connectivity index (χ2n) is 5.72. The van der Waals surface area contributed by atoms with Crippen molar-refractivity contribution >= 4 is 29.8 Å². The predicted octanol–water partition coefficient (Wildman–Crippen LogP) is 0.234. The minimum atomic E-state index is -0.830. The number of carbonyl (C=O) groups is 3. The molecule has 0 spiro atoms. The molecular weight excluding hydrogens is 352 g/mol. The molecule has 10 heteroatoms. The zero-order chi connectivity index (χ0) is 18.6. The summed E-state index contributed by atoms with van der Waals surface area (Å²) < 4.78 is 19.8. The lowest BCUT2D eigenvalue weighted by Crippen LogP contribution is -2.68. The smallest absolute Gasteiger partial charge is 0.457 e. The zero-order valence-electron chi connectivity index (χ0n) is 14.4. The molecule has 1 saturated heterocycles. The summed E-state index contributed by atoms with van der Waals surface area (Å²) in [4.78, 5) is 37.0. The molecule has 9 nitrogen and oxygen atoms in total. The fourth-order valence-electron chi connectivity index (χ4n) is 2.41. The number of ether oxygens (including phenoxy) is 4. The van der Waals surface area contributed by atoms with E-state index < -0.39 is 18.2 Å². The number of methoxy groups -OCH3 is 1. The van der Waals surface area contributed by atoms with Crippen LogP contribution in [0, 0.1) is 0 Å². The van der Waals surface area contributed by atoms with Gasteiger partial charge in [0.1, 0.15) is 30.3 Å². The summed E-state index contributed by atoms with van der Waals surface area (Å²) in [7, 11) is 1.50. The molecule has 1 unspecified atom stereocenters. The summed E-state index contributed by atoms with van der Waals surface area (Å²) >= 11 is 1.48. The number of nitrogens with two attached hydrogens (primary N) is 1. The van der Waals surface area contributed by atoms with E-state index in [2.05, 4.69) is 0 Å². The van der Waals surface area contributed by atoms with Gasteiger partial charge in [0.25, 0.3) is 0 Å². The summed E-state index contributed by atoms with van der Waals surface area (Å²) in [5.74, 6) is -0.467. The van der Waals surface area contributed by atoms with Gasteiger partial charge in [-0.25, -0.2) is 9.59 Å².